The molecular weight excluding hydrogens is 492 g/mol. The van der Waals surface area contributed by atoms with Crippen molar-refractivity contribution in [3.63, 3.8) is 0 Å². The van der Waals surface area contributed by atoms with Crippen molar-refractivity contribution in [2.75, 3.05) is 41.7 Å². The minimum atomic E-state index is -0.300. The van der Waals surface area contributed by atoms with Crippen LogP contribution in [0.3, 0.4) is 0 Å². The van der Waals surface area contributed by atoms with Gasteiger partial charge in [0.05, 0.1) is 53.5 Å². The lowest BCUT2D eigenvalue weighted by molar-refractivity contribution is -0.149. The van der Waals surface area contributed by atoms with Crippen LogP contribution in [0.5, 0.6) is 0 Å². The lowest BCUT2D eigenvalue weighted by atomic mass is 10.1. The van der Waals surface area contributed by atoms with E-state index in [2.05, 4.69) is 18.9 Å². The molecule has 0 N–H and O–H groups in total. The van der Waals surface area contributed by atoms with Gasteiger partial charge in [-0.1, -0.05) is 13.8 Å². The molecule has 0 saturated carbocycles. The highest BCUT2D eigenvalue weighted by atomic mass is 16.5. The van der Waals surface area contributed by atoms with Gasteiger partial charge in [-0.3, -0.25) is 28.8 Å². The van der Waals surface area contributed by atoms with Crippen LogP contribution >= 0.6 is 0 Å². The normalized spacial score (nSPS) is 11.0. The number of rotatable bonds is 14. The fourth-order valence-corrected chi connectivity index (χ4v) is 2.31. The van der Waals surface area contributed by atoms with E-state index in [4.69, 9.17) is 9.47 Å². The zero-order chi connectivity index (χ0) is 29.2. The molecule has 0 aliphatic carbocycles. The molecule has 0 saturated heterocycles. The summed E-state index contributed by atoms with van der Waals surface area (Å²) in [7, 11) is 5.29. The summed E-state index contributed by atoms with van der Waals surface area (Å²) in [5.74, 6) is -2.18. The van der Waals surface area contributed by atoms with Crippen LogP contribution < -0.4 is 0 Å². The Morgan fingerprint density at radius 2 is 0.892 bits per heavy atom. The van der Waals surface area contributed by atoms with Gasteiger partial charge in [0, 0.05) is 25.7 Å². The summed E-state index contributed by atoms with van der Waals surface area (Å²) in [6, 6.07) is 0. The fraction of sp³-hybridized carbons (Fsp3) is 0.760. The Bertz CT molecular complexity index is 659. The van der Waals surface area contributed by atoms with E-state index in [9.17, 15) is 28.8 Å². The third kappa shape index (κ3) is 25.7. The Balaban J connectivity index is -0.000000473. The molecule has 0 aliphatic rings. The molecule has 0 amide bonds. The van der Waals surface area contributed by atoms with Crippen molar-refractivity contribution < 1.29 is 57.2 Å². The summed E-state index contributed by atoms with van der Waals surface area (Å²) in [5.41, 5.74) is 0. The van der Waals surface area contributed by atoms with Gasteiger partial charge in [0.25, 0.3) is 0 Å². The topological polar surface area (TPSA) is 158 Å². The van der Waals surface area contributed by atoms with E-state index in [1.54, 1.807) is 27.7 Å². The minimum Gasteiger partial charge on any atom is -0.469 e. The predicted molar refractivity (Wildman–Crippen MR) is 132 cm³/mol. The molecule has 0 spiro atoms. The first-order valence-corrected chi connectivity index (χ1v) is 12.0. The molecule has 0 fully saturated rings. The van der Waals surface area contributed by atoms with E-state index in [0.717, 1.165) is 0 Å². The van der Waals surface area contributed by atoms with Crippen molar-refractivity contribution in [2.24, 2.45) is 11.8 Å². The standard InChI is InChI=1S/C10H18O4.C8H14O4.C7H12O4/c1-4-13-9(11)7-6-8(3)10(12)14-5-2;1-6(8(10)12-3)4-5-7(9)11-2;1-10-6(8)4-3-5-7(9)11-2/h8H,4-7H2,1-3H3;6H,4-5H2,1-3H3;3-5H2,1-2H3. The molecule has 0 aromatic heterocycles. The van der Waals surface area contributed by atoms with Crippen molar-refractivity contribution in [3.05, 3.63) is 0 Å². The quantitative estimate of drug-likeness (QED) is 0.236. The van der Waals surface area contributed by atoms with Gasteiger partial charge in [0.2, 0.25) is 0 Å². The maximum absolute atomic E-state index is 11.1. The van der Waals surface area contributed by atoms with E-state index in [0.29, 0.717) is 32.5 Å². The number of carbonyl (C=O) groups is 6. The SMILES string of the molecule is CCOC(=O)CCC(C)C(=O)OCC.COC(=O)CCC(C)C(=O)OC.COC(=O)CCCC(=O)OC. The van der Waals surface area contributed by atoms with Gasteiger partial charge in [-0.25, -0.2) is 0 Å². The number of methoxy groups -OCH3 is 4. The Morgan fingerprint density at radius 3 is 1.27 bits per heavy atom. The predicted octanol–water partition coefficient (Wildman–Crippen LogP) is 2.78. The first kappa shape index (κ1) is 38.4. The first-order valence-electron chi connectivity index (χ1n) is 12.0. The maximum atomic E-state index is 11.1. The average Bonchev–Trinajstić information content (AvgIpc) is 2.90. The van der Waals surface area contributed by atoms with Crippen LogP contribution in [-0.2, 0) is 57.2 Å². The number of hydrogen-bond acceptors (Lipinski definition) is 12. The van der Waals surface area contributed by atoms with E-state index in [1.165, 1.54) is 28.4 Å². The maximum Gasteiger partial charge on any atom is 0.308 e. The summed E-state index contributed by atoms with van der Waals surface area (Å²) in [5, 5.41) is 0. The molecule has 0 aromatic rings. The van der Waals surface area contributed by atoms with Gasteiger partial charge < -0.3 is 28.4 Å². The fourth-order valence-electron chi connectivity index (χ4n) is 2.31. The molecule has 0 bridgehead atoms. The van der Waals surface area contributed by atoms with Crippen LogP contribution in [0.2, 0.25) is 0 Å². The van der Waals surface area contributed by atoms with E-state index < -0.39 is 0 Å². The summed E-state index contributed by atoms with van der Waals surface area (Å²) in [6.07, 6.45) is 2.51. The van der Waals surface area contributed by atoms with E-state index >= 15 is 0 Å². The lowest BCUT2D eigenvalue weighted by Gasteiger charge is -2.09. The van der Waals surface area contributed by atoms with Crippen molar-refractivity contribution >= 4 is 35.8 Å². The van der Waals surface area contributed by atoms with Gasteiger partial charge in [-0.05, 0) is 33.1 Å². The Morgan fingerprint density at radius 1 is 0.514 bits per heavy atom. The highest BCUT2D eigenvalue weighted by Crippen LogP contribution is 2.09. The number of carbonyl (C=O) groups excluding carboxylic acids is 6. The Kier molecular flexibility index (Phi) is 26.8. The van der Waals surface area contributed by atoms with Crippen molar-refractivity contribution in [1.82, 2.24) is 0 Å². The molecule has 216 valence electrons. The summed E-state index contributed by atoms with van der Waals surface area (Å²) in [4.78, 5) is 64.6. The van der Waals surface area contributed by atoms with Gasteiger partial charge in [-0.2, -0.15) is 0 Å². The number of hydrogen-bond donors (Lipinski definition) is 0. The number of ether oxygens (including phenoxy) is 6. The van der Waals surface area contributed by atoms with E-state index in [1.807, 2.05) is 0 Å². The van der Waals surface area contributed by atoms with Gasteiger partial charge in [0.1, 0.15) is 0 Å². The molecule has 2 atom stereocenters. The number of esters is 6. The summed E-state index contributed by atoms with van der Waals surface area (Å²) < 4.78 is 27.2. The molecule has 0 heterocycles. The zero-order valence-electron chi connectivity index (χ0n) is 23.4. The van der Waals surface area contributed by atoms with E-state index in [-0.39, 0.29) is 73.3 Å². The zero-order valence-corrected chi connectivity index (χ0v) is 23.4. The second kappa shape index (κ2) is 25.9. The van der Waals surface area contributed by atoms with Crippen molar-refractivity contribution in [3.8, 4) is 0 Å². The average molecular weight is 537 g/mol. The van der Waals surface area contributed by atoms with Gasteiger partial charge in [0.15, 0.2) is 0 Å². The molecule has 37 heavy (non-hydrogen) atoms. The first-order chi connectivity index (χ1) is 17.4. The second-order valence-electron chi connectivity index (χ2n) is 7.54. The van der Waals surface area contributed by atoms with Crippen LogP contribution in [0, 0.1) is 11.8 Å². The van der Waals surface area contributed by atoms with Crippen LogP contribution in [0.4, 0.5) is 0 Å². The monoisotopic (exact) mass is 536 g/mol. The van der Waals surface area contributed by atoms with Crippen LogP contribution in [-0.4, -0.2) is 77.5 Å². The van der Waals surface area contributed by atoms with Gasteiger partial charge >= 0.3 is 35.8 Å². The van der Waals surface area contributed by atoms with Crippen LogP contribution in [0.15, 0.2) is 0 Å². The third-order valence-electron chi connectivity index (χ3n) is 4.61. The second-order valence-corrected chi connectivity index (χ2v) is 7.54. The smallest absolute Gasteiger partial charge is 0.308 e. The highest BCUT2D eigenvalue weighted by Gasteiger charge is 2.16. The largest absolute Gasteiger partial charge is 0.469 e. The molecule has 12 nitrogen and oxygen atoms in total. The van der Waals surface area contributed by atoms with Crippen molar-refractivity contribution in [1.29, 1.82) is 0 Å². The summed E-state index contributed by atoms with van der Waals surface area (Å²) in [6.45, 7) is 7.74. The Labute approximate surface area is 219 Å². The molecule has 0 aromatic carbocycles. The third-order valence-corrected chi connectivity index (χ3v) is 4.61. The molecule has 2 unspecified atom stereocenters. The summed E-state index contributed by atoms with van der Waals surface area (Å²) >= 11 is 0. The molecule has 0 rings (SSSR count). The van der Waals surface area contributed by atoms with Crippen LogP contribution in [0.1, 0.15) is 72.6 Å². The molecular formula is C25H44O12. The highest BCUT2D eigenvalue weighted by molar-refractivity contribution is 5.75. The van der Waals surface area contributed by atoms with Crippen molar-refractivity contribution in [2.45, 2.75) is 72.6 Å². The molecule has 0 aliphatic heterocycles. The van der Waals surface area contributed by atoms with Gasteiger partial charge in [-0.15, -0.1) is 0 Å². The minimum absolute atomic E-state index is 0.237. The lowest BCUT2D eigenvalue weighted by Crippen LogP contribution is -2.16. The van der Waals surface area contributed by atoms with Crippen LogP contribution in [0.25, 0.3) is 0 Å². The molecule has 0 radical (unpaired) electrons. The molecule has 12 heteroatoms. The Hall–Kier alpha value is -3.18.